The van der Waals surface area contributed by atoms with Crippen LogP contribution in [0.3, 0.4) is 0 Å². The number of rotatable bonds is 4. The molecule has 0 radical (unpaired) electrons. The first kappa shape index (κ1) is 15.2. The Kier molecular flexibility index (Phi) is 4.10. The lowest BCUT2D eigenvalue weighted by Crippen LogP contribution is -2.20. The molecule has 2 N–H and O–H groups in total. The molecule has 7 heteroatoms. The normalized spacial score (nSPS) is 14.1. The van der Waals surface area contributed by atoms with Gasteiger partial charge in [0.1, 0.15) is 5.82 Å². The van der Waals surface area contributed by atoms with Gasteiger partial charge in [-0.05, 0) is 44.4 Å². The maximum absolute atomic E-state index is 12.0. The van der Waals surface area contributed by atoms with E-state index in [-0.39, 0.29) is 12.0 Å². The summed E-state index contributed by atoms with van der Waals surface area (Å²) < 4.78 is 2.01. The van der Waals surface area contributed by atoms with E-state index < -0.39 is 11.5 Å². The Bertz CT molecular complexity index is 809. The molecule has 2 aromatic heterocycles. The van der Waals surface area contributed by atoms with Crippen LogP contribution in [0.15, 0.2) is 10.9 Å². The smallest absolute Gasteiger partial charge is 0.308 e. The summed E-state index contributed by atoms with van der Waals surface area (Å²) in [5, 5.41) is 13.3. The van der Waals surface area contributed by atoms with Crippen LogP contribution in [0, 0.1) is 6.92 Å². The quantitative estimate of drug-likeness (QED) is 0.888. The summed E-state index contributed by atoms with van der Waals surface area (Å²) in [4.78, 5) is 29.6. The van der Waals surface area contributed by atoms with Crippen molar-refractivity contribution in [1.29, 1.82) is 0 Å². The van der Waals surface area contributed by atoms with Crippen molar-refractivity contribution in [3.63, 3.8) is 0 Å². The van der Waals surface area contributed by atoms with Crippen LogP contribution in [0.25, 0.3) is 12.2 Å². The van der Waals surface area contributed by atoms with Gasteiger partial charge in [-0.25, -0.2) is 4.98 Å². The van der Waals surface area contributed by atoms with Gasteiger partial charge in [-0.1, -0.05) is 0 Å². The summed E-state index contributed by atoms with van der Waals surface area (Å²) >= 11 is 0. The highest BCUT2D eigenvalue weighted by Crippen LogP contribution is 2.16. The van der Waals surface area contributed by atoms with Crippen LogP contribution >= 0.6 is 0 Å². The number of hydrogen-bond acceptors (Lipinski definition) is 4. The van der Waals surface area contributed by atoms with E-state index in [4.69, 9.17) is 5.11 Å². The van der Waals surface area contributed by atoms with Crippen LogP contribution in [0.5, 0.6) is 0 Å². The molecule has 0 aromatic carbocycles. The molecule has 3 heterocycles. The Morgan fingerprint density at radius 2 is 2.26 bits per heavy atom. The van der Waals surface area contributed by atoms with E-state index in [1.165, 1.54) is 12.1 Å². The highest BCUT2D eigenvalue weighted by atomic mass is 16.4. The van der Waals surface area contributed by atoms with Crippen molar-refractivity contribution >= 4 is 18.1 Å². The maximum atomic E-state index is 12.0. The van der Waals surface area contributed by atoms with Gasteiger partial charge in [0.05, 0.1) is 12.1 Å². The predicted octanol–water partition coefficient (Wildman–Crippen LogP) is 1.41. The van der Waals surface area contributed by atoms with Crippen molar-refractivity contribution in [1.82, 2.24) is 19.7 Å². The van der Waals surface area contributed by atoms with E-state index in [9.17, 15) is 9.59 Å². The van der Waals surface area contributed by atoms with Crippen molar-refractivity contribution < 1.29 is 9.90 Å². The van der Waals surface area contributed by atoms with Crippen LogP contribution in [0.4, 0.5) is 0 Å². The van der Waals surface area contributed by atoms with E-state index in [0.717, 1.165) is 25.1 Å². The van der Waals surface area contributed by atoms with Gasteiger partial charge in [-0.15, -0.1) is 0 Å². The van der Waals surface area contributed by atoms with Crippen molar-refractivity contribution in [2.75, 3.05) is 0 Å². The minimum atomic E-state index is -1.05. The van der Waals surface area contributed by atoms with Crippen LogP contribution in [0.2, 0.25) is 0 Å². The number of carboxylic acids is 1. The Labute approximate surface area is 132 Å². The summed E-state index contributed by atoms with van der Waals surface area (Å²) in [7, 11) is 0. The zero-order valence-electron chi connectivity index (χ0n) is 12.9. The third-order valence-corrected chi connectivity index (χ3v) is 3.92. The topological polar surface area (TPSA) is 101 Å². The molecule has 0 bridgehead atoms. The molecule has 1 aliphatic heterocycles. The number of fused-ring (bicyclic) bond motifs is 1. The molecule has 0 amide bonds. The summed E-state index contributed by atoms with van der Waals surface area (Å²) in [6.45, 7) is 2.58. The molecular weight excluding hydrogens is 296 g/mol. The number of nitrogens with one attached hydrogen (secondary N) is 1. The SMILES string of the molecule is Cc1nc(/C=C/c2cc3n(n2)CCCC3)[nH]c(=O)c1CC(=O)O. The highest BCUT2D eigenvalue weighted by molar-refractivity contribution is 5.70. The Hall–Kier alpha value is -2.70. The molecule has 0 unspecified atom stereocenters. The van der Waals surface area contributed by atoms with Gasteiger partial charge in [0, 0.05) is 23.5 Å². The van der Waals surface area contributed by atoms with Gasteiger partial charge in [0.25, 0.3) is 5.56 Å². The Morgan fingerprint density at radius 3 is 2.96 bits per heavy atom. The fraction of sp³-hybridized carbons (Fsp3) is 0.375. The zero-order chi connectivity index (χ0) is 16.4. The molecule has 0 fully saturated rings. The minimum Gasteiger partial charge on any atom is -0.481 e. The molecule has 0 spiro atoms. The van der Waals surface area contributed by atoms with E-state index in [1.54, 1.807) is 19.1 Å². The summed E-state index contributed by atoms with van der Waals surface area (Å²) in [5.41, 5.74) is 2.26. The van der Waals surface area contributed by atoms with Crippen LogP contribution in [0.1, 0.15) is 41.3 Å². The first-order valence-corrected chi connectivity index (χ1v) is 7.59. The number of carbonyl (C=O) groups is 1. The Morgan fingerprint density at radius 1 is 1.43 bits per heavy atom. The summed E-state index contributed by atoms with van der Waals surface area (Å²) in [6.07, 6.45) is 6.54. The number of nitrogens with zero attached hydrogens (tertiary/aromatic N) is 3. The Balaban J connectivity index is 1.84. The number of aromatic amines is 1. The minimum absolute atomic E-state index is 0.187. The molecule has 2 aromatic rings. The third-order valence-electron chi connectivity index (χ3n) is 3.92. The van der Waals surface area contributed by atoms with E-state index in [1.807, 2.05) is 10.7 Å². The van der Waals surface area contributed by atoms with Gasteiger partial charge in [-0.2, -0.15) is 5.10 Å². The van der Waals surface area contributed by atoms with Crippen molar-refractivity contribution in [2.24, 2.45) is 0 Å². The fourth-order valence-corrected chi connectivity index (χ4v) is 2.76. The molecule has 0 saturated heterocycles. The standard InChI is InChI=1S/C16H18N4O3/c1-10-13(9-15(21)22)16(23)18-14(17-10)6-5-11-8-12-4-2-3-7-20(12)19-11/h5-6,8H,2-4,7,9H2,1H3,(H,21,22)(H,17,18,23)/b6-5+. The molecule has 3 rings (SSSR count). The summed E-state index contributed by atoms with van der Waals surface area (Å²) in [5.74, 6) is -0.653. The molecule has 0 aliphatic carbocycles. The molecule has 7 nitrogen and oxygen atoms in total. The van der Waals surface area contributed by atoms with Crippen molar-refractivity contribution in [3.8, 4) is 0 Å². The third kappa shape index (κ3) is 3.39. The monoisotopic (exact) mass is 314 g/mol. The fourth-order valence-electron chi connectivity index (χ4n) is 2.76. The first-order valence-electron chi connectivity index (χ1n) is 7.59. The van der Waals surface area contributed by atoms with Crippen LogP contribution in [-0.2, 0) is 24.2 Å². The van der Waals surface area contributed by atoms with E-state index in [2.05, 4.69) is 15.1 Å². The lowest BCUT2D eigenvalue weighted by molar-refractivity contribution is -0.136. The molecule has 1 aliphatic rings. The average molecular weight is 314 g/mol. The first-order chi connectivity index (χ1) is 11.0. The lowest BCUT2D eigenvalue weighted by atomic mass is 10.1. The summed E-state index contributed by atoms with van der Waals surface area (Å²) in [6, 6.07) is 2.04. The second-order valence-corrected chi connectivity index (χ2v) is 5.66. The largest absolute Gasteiger partial charge is 0.481 e. The van der Waals surface area contributed by atoms with Crippen molar-refractivity contribution in [3.05, 3.63) is 44.9 Å². The van der Waals surface area contributed by atoms with E-state index in [0.29, 0.717) is 11.5 Å². The second kappa shape index (κ2) is 6.20. The molecule has 0 saturated carbocycles. The zero-order valence-corrected chi connectivity index (χ0v) is 12.9. The van der Waals surface area contributed by atoms with Gasteiger partial charge >= 0.3 is 5.97 Å². The number of aromatic nitrogens is 4. The lowest BCUT2D eigenvalue weighted by Gasteiger charge is -2.11. The molecule has 23 heavy (non-hydrogen) atoms. The van der Waals surface area contributed by atoms with Crippen LogP contribution in [-0.4, -0.2) is 30.8 Å². The maximum Gasteiger partial charge on any atom is 0.308 e. The van der Waals surface area contributed by atoms with Gasteiger partial charge in [0.2, 0.25) is 0 Å². The van der Waals surface area contributed by atoms with Crippen LogP contribution < -0.4 is 5.56 Å². The number of aryl methyl sites for hydroxylation is 3. The number of hydrogen-bond donors (Lipinski definition) is 2. The average Bonchev–Trinajstić information content (AvgIpc) is 2.91. The highest BCUT2D eigenvalue weighted by Gasteiger charge is 2.12. The molecule has 120 valence electrons. The predicted molar refractivity (Wildman–Crippen MR) is 85.0 cm³/mol. The van der Waals surface area contributed by atoms with Gasteiger partial charge < -0.3 is 10.1 Å². The second-order valence-electron chi connectivity index (χ2n) is 5.66. The van der Waals surface area contributed by atoms with Gasteiger partial charge in [-0.3, -0.25) is 14.3 Å². The number of carboxylic acid groups (broad SMARTS) is 1. The number of aliphatic carboxylic acids is 1. The van der Waals surface area contributed by atoms with E-state index >= 15 is 0 Å². The molecular formula is C16H18N4O3. The van der Waals surface area contributed by atoms with Crippen molar-refractivity contribution in [2.45, 2.75) is 39.2 Å². The van der Waals surface area contributed by atoms with Gasteiger partial charge in [0.15, 0.2) is 0 Å². The number of H-pyrrole nitrogens is 1. The molecule has 0 atom stereocenters.